The summed E-state index contributed by atoms with van der Waals surface area (Å²) in [6.07, 6.45) is 0. The van der Waals surface area contributed by atoms with Gasteiger partial charge in [0.1, 0.15) is 0 Å². The Labute approximate surface area is 202 Å². The van der Waals surface area contributed by atoms with Crippen LogP contribution in [0.15, 0.2) is 115 Å². The van der Waals surface area contributed by atoms with Crippen molar-refractivity contribution >= 4 is 56.2 Å². The Balaban J connectivity index is 1.69. The van der Waals surface area contributed by atoms with Crippen LogP contribution in [0.4, 0.5) is 0 Å². The van der Waals surface area contributed by atoms with Gasteiger partial charge in [0.25, 0.3) is 0 Å². The summed E-state index contributed by atoms with van der Waals surface area (Å²) in [5.41, 5.74) is 7.04. The van der Waals surface area contributed by atoms with Crippen LogP contribution in [0.5, 0.6) is 0 Å². The van der Waals surface area contributed by atoms with Crippen LogP contribution in [0.25, 0.3) is 55.0 Å². The Morgan fingerprint density at radius 2 is 0.914 bits per heavy atom. The third-order valence-electron chi connectivity index (χ3n) is 6.91. The van der Waals surface area contributed by atoms with Gasteiger partial charge in [-0.2, -0.15) is 0 Å². The van der Waals surface area contributed by atoms with Crippen LogP contribution in [-0.2, 0) is 0 Å². The fourth-order valence-corrected chi connectivity index (χ4v) is 5.37. The Kier molecular flexibility index (Phi) is 4.36. The van der Waals surface area contributed by atoms with E-state index < -0.39 is 7.12 Å². The third-order valence-corrected chi connectivity index (χ3v) is 6.91. The van der Waals surface area contributed by atoms with E-state index in [2.05, 4.69) is 81.9 Å². The Hall–Kier alpha value is -4.32. The van der Waals surface area contributed by atoms with Gasteiger partial charge in [-0.1, -0.05) is 66.7 Å². The smallest absolute Gasteiger partial charge is 0.423 e. The number of nitrogens with zero attached hydrogens (tertiary/aromatic N) is 2. The summed E-state index contributed by atoms with van der Waals surface area (Å²) < 4.78 is 4.56. The van der Waals surface area contributed by atoms with Crippen LogP contribution in [-0.4, -0.2) is 26.3 Å². The highest BCUT2D eigenvalue weighted by molar-refractivity contribution is 6.59. The minimum atomic E-state index is -1.52. The van der Waals surface area contributed by atoms with Crippen molar-refractivity contribution < 1.29 is 10.0 Å². The largest absolute Gasteiger partial charge is 0.488 e. The van der Waals surface area contributed by atoms with Crippen LogP contribution in [0.2, 0.25) is 0 Å². The van der Waals surface area contributed by atoms with E-state index >= 15 is 0 Å². The fourth-order valence-electron chi connectivity index (χ4n) is 5.37. The molecule has 4 nitrogen and oxygen atoms in total. The van der Waals surface area contributed by atoms with Gasteiger partial charge in [-0.25, -0.2) is 0 Å². The van der Waals surface area contributed by atoms with Gasteiger partial charge in [0.15, 0.2) is 0 Å². The summed E-state index contributed by atoms with van der Waals surface area (Å²) in [4.78, 5) is 0. The summed E-state index contributed by atoms with van der Waals surface area (Å²) in [6.45, 7) is 0. The van der Waals surface area contributed by atoms with Crippen LogP contribution in [0.3, 0.4) is 0 Å². The third kappa shape index (κ3) is 2.96. The number of aromatic nitrogens is 2. The molecule has 0 atom stereocenters. The van der Waals surface area contributed by atoms with Crippen LogP contribution in [0.1, 0.15) is 0 Å². The second-order valence-electron chi connectivity index (χ2n) is 8.90. The highest BCUT2D eigenvalue weighted by Gasteiger charge is 2.20. The molecule has 2 heterocycles. The summed E-state index contributed by atoms with van der Waals surface area (Å²) in [5, 5.41) is 24.2. The predicted molar refractivity (Wildman–Crippen MR) is 145 cm³/mol. The van der Waals surface area contributed by atoms with Crippen molar-refractivity contribution in [2.75, 3.05) is 0 Å². The Morgan fingerprint density at radius 3 is 1.51 bits per heavy atom. The van der Waals surface area contributed by atoms with Gasteiger partial charge in [0.2, 0.25) is 0 Å². The first-order valence-corrected chi connectivity index (χ1v) is 11.7. The van der Waals surface area contributed by atoms with Crippen molar-refractivity contribution in [3.63, 3.8) is 0 Å². The fraction of sp³-hybridized carbons (Fsp3) is 0. The van der Waals surface area contributed by atoms with Gasteiger partial charge in [0, 0.05) is 32.9 Å². The van der Waals surface area contributed by atoms with Crippen LogP contribution >= 0.6 is 0 Å². The van der Waals surface area contributed by atoms with Crippen molar-refractivity contribution in [3.8, 4) is 11.4 Å². The van der Waals surface area contributed by atoms with E-state index in [0.717, 1.165) is 44.2 Å². The SMILES string of the molecule is OB(O)c1ccc2c(c1)c1cc3c(cc1n2-c1ccccc1)c1ccccc1n3-c1ccccc1. The zero-order valence-electron chi connectivity index (χ0n) is 18.8. The maximum atomic E-state index is 9.88. The molecule has 2 aromatic heterocycles. The first kappa shape index (κ1) is 20.1. The summed E-state index contributed by atoms with van der Waals surface area (Å²) in [5.74, 6) is 0. The molecule has 35 heavy (non-hydrogen) atoms. The topological polar surface area (TPSA) is 50.3 Å². The molecule has 7 aromatic rings. The lowest BCUT2D eigenvalue weighted by atomic mass is 9.80. The monoisotopic (exact) mass is 452 g/mol. The standard InChI is InChI=1S/C30H21BN2O2/c34-31(35)20-15-16-28-24(17-20)26-19-29-25(18-30(26)33(28)22-11-5-2-6-12-22)23-13-7-8-14-27(23)32(29)21-9-3-1-4-10-21/h1-19,34-35H. The molecule has 0 bridgehead atoms. The highest BCUT2D eigenvalue weighted by Crippen LogP contribution is 2.39. The molecule has 7 rings (SSSR count). The zero-order valence-corrected chi connectivity index (χ0v) is 18.8. The van der Waals surface area contributed by atoms with Crippen LogP contribution in [0, 0.1) is 0 Å². The van der Waals surface area contributed by atoms with Gasteiger partial charge >= 0.3 is 7.12 Å². The average Bonchev–Trinajstić information content (AvgIpc) is 3.40. The van der Waals surface area contributed by atoms with E-state index in [4.69, 9.17) is 0 Å². The van der Waals surface area contributed by atoms with Crippen LogP contribution < -0.4 is 5.46 Å². The van der Waals surface area contributed by atoms with Gasteiger partial charge in [-0.15, -0.1) is 0 Å². The molecular formula is C30H21BN2O2. The molecule has 166 valence electrons. The lowest BCUT2D eigenvalue weighted by Gasteiger charge is -2.09. The molecule has 0 amide bonds. The number of fused-ring (bicyclic) bond motifs is 6. The number of benzene rings is 5. The molecule has 0 aliphatic heterocycles. The van der Waals surface area contributed by atoms with Crippen molar-refractivity contribution in [3.05, 3.63) is 115 Å². The Morgan fingerprint density at radius 1 is 0.429 bits per heavy atom. The highest BCUT2D eigenvalue weighted by atomic mass is 16.4. The van der Waals surface area contributed by atoms with Gasteiger partial charge in [-0.05, 0) is 54.0 Å². The first-order chi connectivity index (χ1) is 17.2. The van der Waals surface area contributed by atoms with Crippen molar-refractivity contribution in [2.24, 2.45) is 0 Å². The molecule has 0 radical (unpaired) electrons. The van der Waals surface area contributed by atoms with E-state index in [1.165, 1.54) is 10.8 Å². The average molecular weight is 452 g/mol. The normalized spacial score (nSPS) is 11.7. The molecule has 0 aliphatic carbocycles. The number of para-hydroxylation sites is 3. The van der Waals surface area contributed by atoms with E-state index in [1.54, 1.807) is 6.07 Å². The number of rotatable bonds is 3. The Bertz CT molecular complexity index is 1870. The van der Waals surface area contributed by atoms with Crippen molar-refractivity contribution in [2.45, 2.75) is 0 Å². The first-order valence-electron chi connectivity index (χ1n) is 11.7. The van der Waals surface area contributed by atoms with Gasteiger partial charge < -0.3 is 19.2 Å². The van der Waals surface area contributed by atoms with Gasteiger partial charge in [-0.3, -0.25) is 0 Å². The minimum absolute atomic E-state index is 0.480. The van der Waals surface area contributed by atoms with Gasteiger partial charge in [0.05, 0.1) is 22.1 Å². The second-order valence-corrected chi connectivity index (χ2v) is 8.90. The predicted octanol–water partition coefficient (Wildman–Crippen LogP) is 5.56. The number of hydrogen-bond donors (Lipinski definition) is 2. The molecule has 0 unspecified atom stereocenters. The molecular weight excluding hydrogens is 431 g/mol. The summed E-state index contributed by atoms with van der Waals surface area (Å²) >= 11 is 0. The lowest BCUT2D eigenvalue weighted by molar-refractivity contribution is 0.426. The van der Waals surface area contributed by atoms with Crippen molar-refractivity contribution in [1.82, 2.24) is 9.13 Å². The second kappa shape index (κ2) is 7.60. The minimum Gasteiger partial charge on any atom is -0.423 e. The lowest BCUT2D eigenvalue weighted by Crippen LogP contribution is -2.29. The molecule has 0 saturated carbocycles. The van der Waals surface area contributed by atoms with E-state index in [9.17, 15) is 10.0 Å². The zero-order chi connectivity index (χ0) is 23.5. The summed E-state index contributed by atoms with van der Waals surface area (Å²) in [7, 11) is -1.52. The molecule has 0 aliphatic rings. The van der Waals surface area contributed by atoms with E-state index in [0.29, 0.717) is 5.46 Å². The molecule has 0 fully saturated rings. The van der Waals surface area contributed by atoms with E-state index in [-0.39, 0.29) is 0 Å². The number of hydrogen-bond acceptors (Lipinski definition) is 2. The maximum Gasteiger partial charge on any atom is 0.488 e. The summed E-state index contributed by atoms with van der Waals surface area (Å²) in [6, 6.07) is 39.4. The van der Waals surface area contributed by atoms with Crippen molar-refractivity contribution in [1.29, 1.82) is 0 Å². The van der Waals surface area contributed by atoms with E-state index in [1.807, 2.05) is 36.4 Å². The molecule has 0 spiro atoms. The molecule has 2 N–H and O–H groups in total. The molecule has 5 aromatic carbocycles. The quantitative estimate of drug-likeness (QED) is 0.345. The molecule has 0 saturated heterocycles. The maximum absolute atomic E-state index is 9.88. The molecule has 5 heteroatoms.